The highest BCUT2D eigenvalue weighted by Gasteiger charge is 2.27. The molecule has 3 nitrogen and oxygen atoms in total. The average molecular weight is 346 g/mol. The molecule has 0 unspecified atom stereocenters. The summed E-state index contributed by atoms with van der Waals surface area (Å²) in [5.74, 6) is 0.220. The quantitative estimate of drug-likeness (QED) is 0.915. The number of halogens is 4. The van der Waals surface area contributed by atoms with Crippen LogP contribution >= 0.6 is 15.9 Å². The topological polar surface area (TPSA) is 51.8 Å². The maximum Gasteiger partial charge on any atom is 0.389 e. The lowest BCUT2D eigenvalue weighted by molar-refractivity contribution is -0.134. The predicted molar refractivity (Wildman–Crippen MR) is 74.0 cm³/mol. The summed E-state index contributed by atoms with van der Waals surface area (Å²) >= 11 is 3.27. The van der Waals surface area contributed by atoms with Crippen molar-refractivity contribution >= 4 is 21.7 Å². The predicted octanol–water partition coefficient (Wildman–Crippen LogP) is 3.98. The number of nitrogens with zero attached hydrogens (tertiary/aromatic N) is 2. The van der Waals surface area contributed by atoms with Crippen LogP contribution in [-0.2, 0) is 6.42 Å². The van der Waals surface area contributed by atoms with Gasteiger partial charge in [0.05, 0.1) is 16.6 Å². The molecule has 2 N–H and O–H groups in total. The molecule has 0 saturated heterocycles. The Morgan fingerprint density at radius 3 is 2.35 bits per heavy atom. The van der Waals surface area contributed by atoms with E-state index in [0.29, 0.717) is 10.2 Å². The van der Waals surface area contributed by atoms with E-state index in [1.54, 1.807) is 12.1 Å². The minimum atomic E-state index is -4.24. The molecule has 0 amide bonds. The van der Waals surface area contributed by atoms with E-state index >= 15 is 0 Å². The Bertz CT molecular complexity index is 600. The van der Waals surface area contributed by atoms with Crippen LogP contribution < -0.4 is 5.73 Å². The van der Waals surface area contributed by atoms with Gasteiger partial charge in [-0.2, -0.15) is 13.2 Å². The molecular weight excluding hydrogens is 335 g/mol. The molecular formula is C13H11BrF3N3. The summed E-state index contributed by atoms with van der Waals surface area (Å²) < 4.78 is 37.2. The van der Waals surface area contributed by atoms with E-state index in [4.69, 9.17) is 5.73 Å². The second-order valence-corrected chi connectivity index (χ2v) is 4.96. The van der Waals surface area contributed by atoms with E-state index in [0.717, 1.165) is 5.56 Å². The van der Waals surface area contributed by atoms with E-state index < -0.39 is 12.6 Å². The Balaban J connectivity index is 2.35. The number of aromatic nitrogens is 2. The van der Waals surface area contributed by atoms with Gasteiger partial charge in [-0.3, -0.25) is 0 Å². The molecule has 20 heavy (non-hydrogen) atoms. The molecule has 1 heterocycles. The maximum atomic E-state index is 12.2. The van der Waals surface area contributed by atoms with Gasteiger partial charge in [-0.15, -0.1) is 0 Å². The van der Waals surface area contributed by atoms with Gasteiger partial charge < -0.3 is 5.73 Å². The van der Waals surface area contributed by atoms with Crippen LogP contribution in [0.25, 0.3) is 11.3 Å². The van der Waals surface area contributed by atoms with Gasteiger partial charge in [-0.05, 0) is 15.9 Å². The van der Waals surface area contributed by atoms with Gasteiger partial charge in [-0.1, -0.05) is 30.3 Å². The first-order chi connectivity index (χ1) is 9.37. The van der Waals surface area contributed by atoms with E-state index in [9.17, 15) is 13.2 Å². The third-order valence-corrected chi connectivity index (χ3v) is 3.38. The third kappa shape index (κ3) is 3.69. The highest BCUT2D eigenvalue weighted by molar-refractivity contribution is 9.10. The number of aryl methyl sites for hydroxylation is 1. The van der Waals surface area contributed by atoms with Crippen LogP contribution in [0.3, 0.4) is 0 Å². The zero-order chi connectivity index (χ0) is 14.8. The number of rotatable bonds is 3. The molecule has 0 saturated carbocycles. The molecule has 2 aromatic rings. The molecule has 0 fully saturated rings. The molecule has 1 aromatic heterocycles. The number of hydrogen-bond acceptors (Lipinski definition) is 3. The summed E-state index contributed by atoms with van der Waals surface area (Å²) in [5, 5.41) is 0. The first-order valence-electron chi connectivity index (χ1n) is 5.81. The monoisotopic (exact) mass is 345 g/mol. The molecule has 0 radical (unpaired) electrons. The highest BCUT2D eigenvalue weighted by atomic mass is 79.9. The lowest BCUT2D eigenvalue weighted by Gasteiger charge is -2.10. The van der Waals surface area contributed by atoms with Crippen LogP contribution in [0.15, 0.2) is 34.8 Å². The molecule has 1 aromatic carbocycles. The van der Waals surface area contributed by atoms with Gasteiger partial charge in [0, 0.05) is 12.0 Å². The van der Waals surface area contributed by atoms with Crippen molar-refractivity contribution in [3.8, 4) is 11.3 Å². The lowest BCUT2D eigenvalue weighted by Crippen LogP contribution is -2.11. The Morgan fingerprint density at radius 2 is 1.75 bits per heavy atom. The largest absolute Gasteiger partial charge is 0.389 e. The van der Waals surface area contributed by atoms with Crippen molar-refractivity contribution < 1.29 is 13.2 Å². The molecule has 0 aliphatic carbocycles. The third-order valence-electron chi connectivity index (χ3n) is 2.60. The van der Waals surface area contributed by atoms with Crippen molar-refractivity contribution in [1.29, 1.82) is 0 Å². The lowest BCUT2D eigenvalue weighted by atomic mass is 10.1. The fourth-order valence-corrected chi connectivity index (χ4v) is 2.07. The highest BCUT2D eigenvalue weighted by Crippen LogP contribution is 2.30. The summed E-state index contributed by atoms with van der Waals surface area (Å²) in [5.41, 5.74) is 6.98. The van der Waals surface area contributed by atoms with Crippen molar-refractivity contribution in [3.05, 3.63) is 40.6 Å². The maximum absolute atomic E-state index is 12.2. The number of nitrogen functional groups attached to an aromatic ring is 1. The van der Waals surface area contributed by atoms with Gasteiger partial charge in [-0.25, -0.2) is 9.97 Å². The summed E-state index contributed by atoms with van der Waals surface area (Å²) in [6.07, 6.45) is -5.50. The first kappa shape index (κ1) is 14.8. The second kappa shape index (κ2) is 5.78. The minimum Gasteiger partial charge on any atom is -0.383 e. The Labute approximate surface area is 122 Å². The van der Waals surface area contributed by atoms with Crippen molar-refractivity contribution in [2.75, 3.05) is 5.73 Å². The number of alkyl halides is 3. The number of anilines is 1. The van der Waals surface area contributed by atoms with Crippen LogP contribution in [0.5, 0.6) is 0 Å². The van der Waals surface area contributed by atoms with E-state index in [1.807, 2.05) is 18.2 Å². The Morgan fingerprint density at radius 1 is 1.10 bits per heavy atom. The SMILES string of the molecule is Nc1nc(CCC(F)(F)F)nc(-c2ccccc2)c1Br. The van der Waals surface area contributed by atoms with Crippen molar-refractivity contribution in [2.24, 2.45) is 0 Å². The van der Waals surface area contributed by atoms with Crippen LogP contribution in [0.4, 0.5) is 19.0 Å². The molecule has 0 atom stereocenters. The molecule has 0 aliphatic rings. The zero-order valence-electron chi connectivity index (χ0n) is 10.3. The molecule has 0 spiro atoms. The smallest absolute Gasteiger partial charge is 0.383 e. The molecule has 7 heteroatoms. The van der Waals surface area contributed by atoms with Crippen LogP contribution in [0.1, 0.15) is 12.2 Å². The summed E-state index contributed by atoms with van der Waals surface area (Å²) in [7, 11) is 0. The Kier molecular flexibility index (Phi) is 4.27. The first-order valence-corrected chi connectivity index (χ1v) is 6.60. The molecule has 2 rings (SSSR count). The molecule has 0 bridgehead atoms. The molecule has 0 aliphatic heterocycles. The van der Waals surface area contributed by atoms with Gasteiger partial charge in [0.1, 0.15) is 11.6 Å². The van der Waals surface area contributed by atoms with Gasteiger partial charge in [0.2, 0.25) is 0 Å². The van der Waals surface area contributed by atoms with Gasteiger partial charge in [0.15, 0.2) is 0 Å². The second-order valence-electron chi connectivity index (χ2n) is 4.17. The number of nitrogens with two attached hydrogens (primary N) is 1. The minimum absolute atomic E-state index is 0.0851. The summed E-state index contributed by atoms with van der Waals surface area (Å²) in [6, 6.07) is 9.08. The van der Waals surface area contributed by atoms with Crippen LogP contribution in [-0.4, -0.2) is 16.1 Å². The number of benzene rings is 1. The Hall–Kier alpha value is -1.63. The van der Waals surface area contributed by atoms with Gasteiger partial charge >= 0.3 is 6.18 Å². The van der Waals surface area contributed by atoms with E-state index in [1.165, 1.54) is 0 Å². The standard InChI is InChI=1S/C13H11BrF3N3/c14-10-11(8-4-2-1-3-5-8)19-9(20-12(10)18)6-7-13(15,16)17/h1-5H,6-7H2,(H2,18,19,20). The fourth-order valence-electron chi connectivity index (χ4n) is 1.67. The summed E-state index contributed by atoms with van der Waals surface area (Å²) in [4.78, 5) is 8.05. The average Bonchev–Trinajstić information content (AvgIpc) is 2.40. The number of hydrogen-bond donors (Lipinski definition) is 1. The fraction of sp³-hybridized carbons (Fsp3) is 0.231. The van der Waals surface area contributed by atoms with E-state index in [-0.39, 0.29) is 18.1 Å². The molecule has 106 valence electrons. The van der Waals surface area contributed by atoms with Crippen molar-refractivity contribution in [3.63, 3.8) is 0 Å². The van der Waals surface area contributed by atoms with Crippen molar-refractivity contribution in [2.45, 2.75) is 19.0 Å². The summed E-state index contributed by atoms with van der Waals surface area (Å²) in [6.45, 7) is 0. The van der Waals surface area contributed by atoms with Crippen LogP contribution in [0.2, 0.25) is 0 Å². The normalized spacial score (nSPS) is 11.6. The van der Waals surface area contributed by atoms with Crippen LogP contribution in [0, 0.1) is 0 Å². The van der Waals surface area contributed by atoms with E-state index in [2.05, 4.69) is 25.9 Å². The van der Waals surface area contributed by atoms with Crippen molar-refractivity contribution in [1.82, 2.24) is 9.97 Å². The zero-order valence-corrected chi connectivity index (χ0v) is 11.9. The van der Waals surface area contributed by atoms with Gasteiger partial charge in [0.25, 0.3) is 0 Å².